The third-order valence-electron chi connectivity index (χ3n) is 5.49. The first kappa shape index (κ1) is 29.5. The maximum Gasteiger partial charge on any atom is 0.344 e. The molecule has 1 amide bonds. The number of amides is 1. The number of hydrogen-bond donors (Lipinski definition) is 0. The highest BCUT2D eigenvalue weighted by Crippen LogP contribution is 2.28. The molecule has 8 nitrogen and oxygen atoms in total. The first-order chi connectivity index (χ1) is 17.8. The van der Waals surface area contributed by atoms with Gasteiger partial charge in [0.2, 0.25) is 0 Å². The number of nitriles is 1. The molecule has 0 radical (unpaired) electrons. The van der Waals surface area contributed by atoms with Crippen molar-refractivity contribution in [2.24, 2.45) is 0 Å². The number of carbonyl (C=O) groups excluding carboxylic acids is 2. The highest BCUT2D eigenvalue weighted by Gasteiger charge is 2.25. The van der Waals surface area contributed by atoms with Crippen LogP contribution < -0.4 is 14.2 Å². The third kappa shape index (κ3) is 9.68. The van der Waals surface area contributed by atoms with Gasteiger partial charge in [-0.25, -0.2) is 4.79 Å². The average Bonchev–Trinajstić information content (AvgIpc) is 2.87. The number of carbonyl (C=O) groups is 2. The summed E-state index contributed by atoms with van der Waals surface area (Å²) >= 11 is 0. The van der Waals surface area contributed by atoms with Crippen molar-refractivity contribution in [1.29, 1.82) is 5.26 Å². The standard InChI is InChI=1S/C29H38N2O6/c1-6-34-28(32)20-37-27-18-25(14-15-26(27)29(33)31(21(2)3)22(4)5)36-17-9-7-8-16-35-24-12-10-23(19-30)11-13-24/h10-15,18,21-22H,6-9,16-17,20H2,1-5H3. The van der Waals surface area contributed by atoms with Gasteiger partial charge < -0.3 is 23.8 Å². The van der Waals surface area contributed by atoms with Crippen molar-refractivity contribution in [3.05, 3.63) is 53.6 Å². The molecule has 0 spiro atoms. The van der Waals surface area contributed by atoms with E-state index < -0.39 is 5.97 Å². The van der Waals surface area contributed by atoms with E-state index >= 15 is 0 Å². The Bertz CT molecular complexity index is 1040. The molecule has 0 heterocycles. The van der Waals surface area contributed by atoms with Crippen LogP contribution in [0.1, 0.15) is 69.8 Å². The summed E-state index contributed by atoms with van der Waals surface area (Å²) < 4.78 is 22.2. The Morgan fingerprint density at radius 2 is 1.46 bits per heavy atom. The van der Waals surface area contributed by atoms with Crippen molar-refractivity contribution in [3.8, 4) is 23.3 Å². The van der Waals surface area contributed by atoms with E-state index in [9.17, 15) is 9.59 Å². The lowest BCUT2D eigenvalue weighted by molar-refractivity contribution is -0.145. The zero-order valence-electron chi connectivity index (χ0n) is 22.5. The van der Waals surface area contributed by atoms with Gasteiger partial charge in [-0.15, -0.1) is 0 Å². The molecule has 2 aromatic carbocycles. The van der Waals surface area contributed by atoms with Crippen LogP contribution in [0.15, 0.2) is 42.5 Å². The molecule has 0 saturated carbocycles. The second-order valence-electron chi connectivity index (χ2n) is 9.05. The molecule has 8 heteroatoms. The van der Waals surface area contributed by atoms with E-state index in [1.165, 1.54) is 0 Å². The Balaban J connectivity index is 1.93. The van der Waals surface area contributed by atoms with Gasteiger partial charge in [-0.3, -0.25) is 4.79 Å². The number of rotatable bonds is 15. The molecular weight excluding hydrogens is 472 g/mol. The minimum Gasteiger partial charge on any atom is -0.494 e. The van der Waals surface area contributed by atoms with Gasteiger partial charge in [0.25, 0.3) is 5.91 Å². The lowest BCUT2D eigenvalue weighted by Crippen LogP contribution is -2.42. The number of esters is 1. The van der Waals surface area contributed by atoms with Crippen LogP contribution in [-0.2, 0) is 9.53 Å². The van der Waals surface area contributed by atoms with Gasteiger partial charge in [0.05, 0.1) is 37.0 Å². The molecule has 0 unspecified atom stereocenters. The van der Waals surface area contributed by atoms with E-state index in [0.29, 0.717) is 30.1 Å². The zero-order valence-corrected chi connectivity index (χ0v) is 22.5. The van der Waals surface area contributed by atoms with Crippen LogP contribution in [0.3, 0.4) is 0 Å². The van der Waals surface area contributed by atoms with E-state index in [2.05, 4.69) is 6.07 Å². The maximum absolute atomic E-state index is 13.3. The SMILES string of the molecule is CCOC(=O)COc1cc(OCCCCCOc2ccc(C#N)cc2)ccc1C(=O)N(C(C)C)C(C)C. The van der Waals surface area contributed by atoms with Gasteiger partial charge in [-0.05, 0) is 90.3 Å². The van der Waals surface area contributed by atoms with Crippen LogP contribution in [0.25, 0.3) is 0 Å². The second-order valence-corrected chi connectivity index (χ2v) is 9.05. The van der Waals surface area contributed by atoms with Gasteiger partial charge in [0.15, 0.2) is 6.61 Å². The quantitative estimate of drug-likeness (QED) is 0.234. The van der Waals surface area contributed by atoms with Crippen molar-refractivity contribution in [2.75, 3.05) is 26.4 Å². The van der Waals surface area contributed by atoms with E-state index in [4.69, 9.17) is 24.2 Å². The van der Waals surface area contributed by atoms with Crippen molar-refractivity contribution < 1.29 is 28.5 Å². The summed E-state index contributed by atoms with van der Waals surface area (Å²) in [4.78, 5) is 26.9. The normalized spacial score (nSPS) is 10.6. The summed E-state index contributed by atoms with van der Waals surface area (Å²) in [6.07, 6.45) is 2.60. The first-order valence-electron chi connectivity index (χ1n) is 12.8. The molecule has 200 valence electrons. The Labute approximate surface area is 220 Å². The van der Waals surface area contributed by atoms with Crippen molar-refractivity contribution >= 4 is 11.9 Å². The fourth-order valence-corrected chi connectivity index (χ4v) is 3.82. The lowest BCUT2D eigenvalue weighted by atomic mass is 10.1. The van der Waals surface area contributed by atoms with E-state index in [-0.39, 0.29) is 37.0 Å². The number of unbranched alkanes of at least 4 members (excludes halogenated alkanes) is 2. The molecule has 0 N–H and O–H groups in total. The zero-order chi connectivity index (χ0) is 27.2. The van der Waals surface area contributed by atoms with Gasteiger partial charge in [-0.2, -0.15) is 5.26 Å². The van der Waals surface area contributed by atoms with Gasteiger partial charge in [0.1, 0.15) is 17.2 Å². The Morgan fingerprint density at radius 1 is 0.865 bits per heavy atom. The highest BCUT2D eigenvalue weighted by molar-refractivity contribution is 5.97. The monoisotopic (exact) mass is 510 g/mol. The molecule has 0 bridgehead atoms. The van der Waals surface area contributed by atoms with Crippen molar-refractivity contribution in [2.45, 2.75) is 66.0 Å². The van der Waals surface area contributed by atoms with Gasteiger partial charge in [-0.1, -0.05) is 0 Å². The largest absolute Gasteiger partial charge is 0.494 e. The van der Waals surface area contributed by atoms with E-state index in [0.717, 1.165) is 25.0 Å². The molecule has 0 saturated heterocycles. The van der Waals surface area contributed by atoms with Gasteiger partial charge >= 0.3 is 5.97 Å². The minimum atomic E-state index is -0.500. The fourth-order valence-electron chi connectivity index (χ4n) is 3.82. The first-order valence-corrected chi connectivity index (χ1v) is 12.8. The van der Waals surface area contributed by atoms with Gasteiger partial charge in [0, 0.05) is 18.2 Å². The molecule has 0 aliphatic heterocycles. The summed E-state index contributed by atoms with van der Waals surface area (Å²) in [6.45, 7) is 10.6. The molecular formula is C29H38N2O6. The molecule has 37 heavy (non-hydrogen) atoms. The van der Waals surface area contributed by atoms with E-state index in [1.54, 1.807) is 54.3 Å². The maximum atomic E-state index is 13.3. The highest BCUT2D eigenvalue weighted by atomic mass is 16.6. The van der Waals surface area contributed by atoms with E-state index in [1.807, 2.05) is 27.7 Å². The van der Waals surface area contributed by atoms with Crippen LogP contribution in [-0.4, -0.2) is 55.3 Å². The minimum absolute atomic E-state index is 0.00206. The molecule has 0 fully saturated rings. The van der Waals surface area contributed by atoms with Crippen LogP contribution in [0.4, 0.5) is 0 Å². The second kappa shape index (κ2) is 15.4. The number of benzene rings is 2. The molecule has 2 aromatic rings. The van der Waals surface area contributed by atoms with Crippen LogP contribution in [0.5, 0.6) is 17.2 Å². The third-order valence-corrected chi connectivity index (χ3v) is 5.49. The Morgan fingerprint density at radius 3 is 2.03 bits per heavy atom. The summed E-state index contributed by atoms with van der Waals surface area (Å²) in [7, 11) is 0. The predicted molar refractivity (Wildman–Crippen MR) is 141 cm³/mol. The number of ether oxygens (including phenoxy) is 4. The topological polar surface area (TPSA) is 98.1 Å². The molecule has 0 aliphatic carbocycles. The summed E-state index contributed by atoms with van der Waals surface area (Å²) in [5.41, 5.74) is 0.979. The molecule has 2 rings (SSSR count). The fraction of sp³-hybridized carbons (Fsp3) is 0.483. The molecule has 0 atom stereocenters. The summed E-state index contributed by atoms with van der Waals surface area (Å²) in [5.74, 6) is 0.925. The van der Waals surface area contributed by atoms with Crippen molar-refractivity contribution in [1.82, 2.24) is 4.90 Å². The lowest BCUT2D eigenvalue weighted by Gasteiger charge is -2.31. The van der Waals surface area contributed by atoms with Crippen LogP contribution >= 0.6 is 0 Å². The number of hydrogen-bond acceptors (Lipinski definition) is 7. The van der Waals surface area contributed by atoms with Crippen LogP contribution in [0, 0.1) is 11.3 Å². The van der Waals surface area contributed by atoms with Crippen LogP contribution in [0.2, 0.25) is 0 Å². The average molecular weight is 511 g/mol. The molecule has 0 aliphatic rings. The van der Waals surface area contributed by atoms with Crippen molar-refractivity contribution in [3.63, 3.8) is 0 Å². The smallest absolute Gasteiger partial charge is 0.344 e. The summed E-state index contributed by atoms with van der Waals surface area (Å²) in [5, 5.41) is 8.85. The summed E-state index contributed by atoms with van der Waals surface area (Å²) in [6, 6.07) is 14.2. The Hall–Kier alpha value is -3.73. The Kier molecular flexibility index (Phi) is 12.3. The number of nitrogens with zero attached hydrogens (tertiary/aromatic N) is 2. The molecule has 0 aromatic heterocycles. The predicted octanol–water partition coefficient (Wildman–Crippen LogP) is 5.39.